The van der Waals surface area contributed by atoms with Crippen LogP contribution in [0.4, 0.5) is 5.13 Å². The van der Waals surface area contributed by atoms with E-state index in [0.717, 1.165) is 16.8 Å². The summed E-state index contributed by atoms with van der Waals surface area (Å²) in [4.78, 5) is 4.53. The van der Waals surface area contributed by atoms with Gasteiger partial charge < -0.3 is 0 Å². The zero-order valence-corrected chi connectivity index (χ0v) is 17.0. The molecule has 3 nitrogen and oxygen atoms in total. The van der Waals surface area contributed by atoms with Gasteiger partial charge in [0.15, 0.2) is 0 Å². The third kappa shape index (κ3) is 4.42. The standard InChI is InChI=1S/C22H15Cl2N3S/c23-19-11-10-18(12-20(19)24)21-14-28-22(26-21)27-25-13-15-6-8-17(9-7-15)16-4-2-1-3-5-16/h1-14H,(H,26,27)/b25-13+. The van der Waals surface area contributed by atoms with Crippen molar-refractivity contribution in [2.24, 2.45) is 5.10 Å². The van der Waals surface area contributed by atoms with Crippen LogP contribution in [0.15, 0.2) is 83.3 Å². The first kappa shape index (κ1) is 18.7. The number of benzene rings is 3. The van der Waals surface area contributed by atoms with Crippen molar-refractivity contribution in [1.82, 2.24) is 4.98 Å². The smallest absolute Gasteiger partial charge is 0.203 e. The van der Waals surface area contributed by atoms with E-state index in [4.69, 9.17) is 23.2 Å². The second kappa shape index (κ2) is 8.57. The van der Waals surface area contributed by atoms with Gasteiger partial charge in [-0.15, -0.1) is 11.3 Å². The van der Waals surface area contributed by atoms with Gasteiger partial charge in [0.2, 0.25) is 5.13 Å². The Kier molecular flexibility index (Phi) is 5.72. The van der Waals surface area contributed by atoms with E-state index in [9.17, 15) is 0 Å². The fraction of sp³-hybridized carbons (Fsp3) is 0. The monoisotopic (exact) mass is 423 g/mol. The quantitative estimate of drug-likeness (QED) is 0.271. The molecule has 0 atom stereocenters. The highest BCUT2D eigenvalue weighted by Gasteiger charge is 2.06. The summed E-state index contributed by atoms with van der Waals surface area (Å²) in [5.41, 5.74) is 8.10. The van der Waals surface area contributed by atoms with Gasteiger partial charge in [-0.05, 0) is 28.8 Å². The molecule has 0 spiro atoms. The first-order chi connectivity index (χ1) is 13.7. The number of hydrogen-bond donors (Lipinski definition) is 1. The van der Waals surface area contributed by atoms with Gasteiger partial charge in [-0.25, -0.2) is 4.98 Å². The maximum Gasteiger partial charge on any atom is 0.203 e. The third-order valence-electron chi connectivity index (χ3n) is 4.11. The predicted octanol–water partition coefficient (Wildman–Crippen LogP) is 7.23. The summed E-state index contributed by atoms with van der Waals surface area (Å²) in [6.45, 7) is 0. The average molecular weight is 424 g/mol. The molecule has 4 aromatic rings. The van der Waals surface area contributed by atoms with Crippen molar-refractivity contribution in [3.05, 3.63) is 93.8 Å². The van der Waals surface area contributed by atoms with E-state index < -0.39 is 0 Å². The summed E-state index contributed by atoms with van der Waals surface area (Å²) in [6.07, 6.45) is 1.77. The van der Waals surface area contributed by atoms with Crippen LogP contribution in [0.1, 0.15) is 5.56 Å². The molecule has 1 N–H and O–H groups in total. The lowest BCUT2D eigenvalue weighted by Crippen LogP contribution is -1.90. The van der Waals surface area contributed by atoms with Gasteiger partial charge in [0.25, 0.3) is 0 Å². The molecule has 0 saturated heterocycles. The van der Waals surface area contributed by atoms with Gasteiger partial charge in [0, 0.05) is 10.9 Å². The highest BCUT2D eigenvalue weighted by Crippen LogP contribution is 2.30. The van der Waals surface area contributed by atoms with Crippen molar-refractivity contribution < 1.29 is 0 Å². The van der Waals surface area contributed by atoms with Crippen LogP contribution in [-0.4, -0.2) is 11.2 Å². The van der Waals surface area contributed by atoms with Gasteiger partial charge in [-0.3, -0.25) is 5.43 Å². The SMILES string of the molecule is Clc1ccc(-c2csc(N/N=C/c3ccc(-c4ccccc4)cc3)n2)cc1Cl. The Morgan fingerprint density at radius 3 is 2.29 bits per heavy atom. The Hall–Kier alpha value is -2.66. The van der Waals surface area contributed by atoms with E-state index in [2.05, 4.69) is 39.8 Å². The molecule has 0 saturated carbocycles. The molecule has 0 unspecified atom stereocenters. The molecule has 1 aromatic heterocycles. The minimum absolute atomic E-state index is 0.513. The number of halogens is 2. The van der Waals surface area contributed by atoms with E-state index in [1.54, 1.807) is 18.3 Å². The lowest BCUT2D eigenvalue weighted by molar-refractivity contribution is 1.29. The summed E-state index contributed by atoms with van der Waals surface area (Å²) in [7, 11) is 0. The minimum Gasteiger partial charge on any atom is -0.253 e. The minimum atomic E-state index is 0.513. The van der Waals surface area contributed by atoms with Crippen molar-refractivity contribution in [2.75, 3.05) is 5.43 Å². The maximum absolute atomic E-state index is 6.08. The van der Waals surface area contributed by atoms with Crippen LogP contribution in [0.5, 0.6) is 0 Å². The van der Waals surface area contributed by atoms with Crippen LogP contribution < -0.4 is 5.43 Å². The van der Waals surface area contributed by atoms with E-state index in [1.807, 2.05) is 41.8 Å². The number of hydrazone groups is 1. The number of anilines is 1. The molecule has 4 rings (SSSR count). The third-order valence-corrected chi connectivity index (χ3v) is 5.60. The van der Waals surface area contributed by atoms with Crippen LogP contribution in [0.3, 0.4) is 0 Å². The molecule has 28 heavy (non-hydrogen) atoms. The lowest BCUT2D eigenvalue weighted by atomic mass is 10.0. The molecule has 3 aromatic carbocycles. The number of rotatable bonds is 5. The van der Waals surface area contributed by atoms with Crippen molar-refractivity contribution in [2.45, 2.75) is 0 Å². The summed E-state index contributed by atoms with van der Waals surface area (Å²) in [5, 5.41) is 7.98. The van der Waals surface area contributed by atoms with Crippen molar-refractivity contribution in [3.8, 4) is 22.4 Å². The first-order valence-corrected chi connectivity index (χ1v) is 10.2. The fourth-order valence-electron chi connectivity index (χ4n) is 2.67. The van der Waals surface area contributed by atoms with Gasteiger partial charge in [0.1, 0.15) is 0 Å². The summed E-state index contributed by atoms with van der Waals surface area (Å²) >= 11 is 13.5. The molecular weight excluding hydrogens is 409 g/mol. The number of nitrogens with one attached hydrogen (secondary N) is 1. The zero-order valence-electron chi connectivity index (χ0n) is 14.6. The molecular formula is C22H15Cl2N3S. The largest absolute Gasteiger partial charge is 0.253 e. The van der Waals surface area contributed by atoms with E-state index >= 15 is 0 Å². The number of hydrogen-bond acceptors (Lipinski definition) is 4. The van der Waals surface area contributed by atoms with Gasteiger partial charge in [-0.2, -0.15) is 5.10 Å². The molecule has 0 aliphatic heterocycles. The number of nitrogens with zero attached hydrogens (tertiary/aromatic N) is 2. The highest BCUT2D eigenvalue weighted by molar-refractivity contribution is 7.14. The lowest BCUT2D eigenvalue weighted by Gasteiger charge is -2.01. The van der Waals surface area contributed by atoms with Crippen molar-refractivity contribution in [1.29, 1.82) is 0 Å². The van der Waals surface area contributed by atoms with Gasteiger partial charge in [0.05, 0.1) is 22.0 Å². The summed E-state index contributed by atoms with van der Waals surface area (Å²) in [5.74, 6) is 0. The molecule has 0 radical (unpaired) electrons. The molecule has 6 heteroatoms. The van der Waals surface area contributed by atoms with E-state index in [-0.39, 0.29) is 0 Å². The average Bonchev–Trinajstić information content (AvgIpc) is 3.20. The second-order valence-electron chi connectivity index (χ2n) is 6.02. The summed E-state index contributed by atoms with van der Waals surface area (Å²) in [6, 6.07) is 24.0. The second-order valence-corrected chi connectivity index (χ2v) is 7.70. The van der Waals surface area contributed by atoms with Crippen LogP contribution in [0, 0.1) is 0 Å². The Morgan fingerprint density at radius 2 is 1.54 bits per heavy atom. The number of thiazole rings is 1. The predicted molar refractivity (Wildman–Crippen MR) is 121 cm³/mol. The van der Waals surface area contributed by atoms with Gasteiger partial charge in [-0.1, -0.05) is 83.9 Å². The molecule has 138 valence electrons. The Balaban J connectivity index is 1.41. The van der Waals surface area contributed by atoms with Crippen LogP contribution in [-0.2, 0) is 0 Å². The van der Waals surface area contributed by atoms with Crippen LogP contribution in [0.2, 0.25) is 10.0 Å². The fourth-order valence-corrected chi connectivity index (χ4v) is 3.63. The molecule has 0 aliphatic carbocycles. The van der Waals surface area contributed by atoms with Gasteiger partial charge >= 0.3 is 0 Å². The van der Waals surface area contributed by atoms with Crippen molar-refractivity contribution >= 4 is 45.9 Å². The van der Waals surface area contributed by atoms with Crippen LogP contribution in [0.25, 0.3) is 22.4 Å². The van der Waals surface area contributed by atoms with E-state index in [1.165, 1.54) is 22.5 Å². The van der Waals surface area contributed by atoms with Crippen LogP contribution >= 0.6 is 34.5 Å². The van der Waals surface area contributed by atoms with Crippen molar-refractivity contribution in [3.63, 3.8) is 0 Å². The molecule has 0 aliphatic rings. The Morgan fingerprint density at radius 1 is 0.821 bits per heavy atom. The summed E-state index contributed by atoms with van der Waals surface area (Å²) < 4.78 is 0. The zero-order chi connectivity index (χ0) is 19.3. The van der Waals surface area contributed by atoms with E-state index in [0.29, 0.717) is 15.2 Å². The first-order valence-electron chi connectivity index (χ1n) is 8.54. The highest BCUT2D eigenvalue weighted by atomic mass is 35.5. The Bertz CT molecular complexity index is 1110. The topological polar surface area (TPSA) is 37.3 Å². The molecule has 0 bridgehead atoms. The Labute approximate surface area is 177 Å². The molecule has 1 heterocycles. The molecule has 0 amide bonds. The number of aromatic nitrogens is 1. The molecule has 0 fully saturated rings. The normalized spacial score (nSPS) is 11.1. The maximum atomic E-state index is 6.08.